The van der Waals surface area contributed by atoms with Crippen LogP contribution >= 0.6 is 11.3 Å². The Kier molecular flexibility index (Phi) is 4.95. The van der Waals surface area contributed by atoms with Gasteiger partial charge in [-0.25, -0.2) is 9.78 Å². The van der Waals surface area contributed by atoms with Gasteiger partial charge in [0.05, 0.1) is 7.11 Å². The quantitative estimate of drug-likeness (QED) is 0.715. The minimum atomic E-state index is -1.01. The molecule has 0 aliphatic rings. The van der Waals surface area contributed by atoms with Crippen LogP contribution in [-0.2, 0) is 0 Å². The first-order valence-electron chi connectivity index (χ1n) is 8.06. The smallest absolute Gasteiger partial charge is 0.355 e. The third kappa shape index (κ3) is 3.41. The predicted molar refractivity (Wildman–Crippen MR) is 106 cm³/mol. The number of ether oxygens (including phenoxy) is 1. The average molecular weight is 368 g/mol. The van der Waals surface area contributed by atoms with Gasteiger partial charge in [0.25, 0.3) is 0 Å². The molecule has 0 bridgehead atoms. The van der Waals surface area contributed by atoms with E-state index in [0.717, 1.165) is 33.7 Å². The topological polar surface area (TPSA) is 62.7 Å². The maximum Gasteiger partial charge on any atom is 0.355 e. The molecule has 5 nitrogen and oxygen atoms in total. The standard InChI is InChI=1S/C20H20N2O3S/c1-12-8-14(13-6-5-7-15(9-13)25-4)10-16(18(12)22(2)3)19-21-17(11-26-19)20(23)24/h5-11H,1-4H3,(H,23,24). The largest absolute Gasteiger partial charge is 0.497 e. The average Bonchev–Trinajstić information content (AvgIpc) is 3.11. The summed E-state index contributed by atoms with van der Waals surface area (Å²) in [5.41, 5.74) is 5.19. The summed E-state index contributed by atoms with van der Waals surface area (Å²) in [4.78, 5) is 17.5. The van der Waals surface area contributed by atoms with Gasteiger partial charge in [-0.3, -0.25) is 0 Å². The number of carbonyl (C=O) groups is 1. The number of aromatic nitrogens is 1. The van der Waals surface area contributed by atoms with Crippen LogP contribution in [0.3, 0.4) is 0 Å². The summed E-state index contributed by atoms with van der Waals surface area (Å²) in [5.74, 6) is -0.222. The Morgan fingerprint density at radius 3 is 2.58 bits per heavy atom. The van der Waals surface area contributed by atoms with Crippen molar-refractivity contribution in [1.82, 2.24) is 4.98 Å². The van der Waals surface area contributed by atoms with Crippen LogP contribution < -0.4 is 9.64 Å². The number of aryl methyl sites for hydroxylation is 1. The van der Waals surface area contributed by atoms with E-state index in [1.165, 1.54) is 11.3 Å². The normalized spacial score (nSPS) is 10.6. The molecule has 0 saturated carbocycles. The number of benzene rings is 2. The highest BCUT2D eigenvalue weighted by Gasteiger charge is 2.17. The maximum atomic E-state index is 11.2. The van der Waals surface area contributed by atoms with Gasteiger partial charge in [-0.2, -0.15) is 0 Å². The van der Waals surface area contributed by atoms with Crippen LogP contribution in [0.4, 0.5) is 5.69 Å². The number of hydrogen-bond acceptors (Lipinski definition) is 5. The highest BCUT2D eigenvalue weighted by molar-refractivity contribution is 7.13. The zero-order valence-corrected chi connectivity index (χ0v) is 15.9. The van der Waals surface area contributed by atoms with E-state index in [2.05, 4.69) is 17.1 Å². The molecule has 1 N–H and O–H groups in total. The fourth-order valence-corrected chi connectivity index (χ4v) is 3.81. The van der Waals surface area contributed by atoms with Gasteiger partial charge in [-0.05, 0) is 47.9 Å². The lowest BCUT2D eigenvalue weighted by molar-refractivity contribution is 0.0691. The fourth-order valence-electron chi connectivity index (χ4n) is 3.00. The molecule has 0 atom stereocenters. The Morgan fingerprint density at radius 2 is 1.96 bits per heavy atom. The molecule has 26 heavy (non-hydrogen) atoms. The van der Waals surface area contributed by atoms with Crippen molar-refractivity contribution in [2.45, 2.75) is 6.92 Å². The summed E-state index contributed by atoms with van der Waals surface area (Å²) in [6, 6.07) is 12.1. The summed E-state index contributed by atoms with van der Waals surface area (Å²) in [5, 5.41) is 11.5. The van der Waals surface area contributed by atoms with Crippen molar-refractivity contribution in [2.24, 2.45) is 0 Å². The molecule has 0 saturated heterocycles. The van der Waals surface area contributed by atoms with Crippen LogP contribution in [0.15, 0.2) is 41.8 Å². The Balaban J connectivity index is 2.20. The van der Waals surface area contributed by atoms with E-state index < -0.39 is 5.97 Å². The molecule has 0 aliphatic carbocycles. The number of anilines is 1. The second kappa shape index (κ2) is 7.17. The Labute approximate surface area is 156 Å². The lowest BCUT2D eigenvalue weighted by atomic mass is 9.97. The first kappa shape index (κ1) is 17.9. The summed E-state index contributed by atoms with van der Waals surface area (Å²) in [7, 11) is 5.60. The van der Waals surface area contributed by atoms with Crippen molar-refractivity contribution in [1.29, 1.82) is 0 Å². The van der Waals surface area contributed by atoms with Gasteiger partial charge in [0.1, 0.15) is 10.8 Å². The van der Waals surface area contributed by atoms with Crippen LogP contribution in [0.25, 0.3) is 21.7 Å². The van der Waals surface area contributed by atoms with Gasteiger partial charge < -0.3 is 14.7 Å². The minimum Gasteiger partial charge on any atom is -0.497 e. The van der Waals surface area contributed by atoms with Crippen LogP contribution in [-0.4, -0.2) is 37.3 Å². The van der Waals surface area contributed by atoms with Crippen LogP contribution in [0, 0.1) is 6.92 Å². The number of rotatable bonds is 5. The second-order valence-electron chi connectivity index (χ2n) is 6.16. The van der Waals surface area contributed by atoms with E-state index in [4.69, 9.17) is 4.74 Å². The SMILES string of the molecule is COc1cccc(-c2cc(C)c(N(C)C)c(-c3nc(C(=O)O)cs3)c2)c1. The summed E-state index contributed by atoms with van der Waals surface area (Å²) >= 11 is 1.34. The van der Waals surface area contributed by atoms with Crippen molar-refractivity contribution in [3.63, 3.8) is 0 Å². The lowest BCUT2D eigenvalue weighted by Crippen LogP contribution is -2.12. The predicted octanol–water partition coefficient (Wildman–Crippen LogP) is 4.56. The third-order valence-electron chi connectivity index (χ3n) is 4.10. The third-order valence-corrected chi connectivity index (χ3v) is 4.98. The number of thiazole rings is 1. The number of carboxylic acids is 1. The summed E-state index contributed by atoms with van der Waals surface area (Å²) in [6.07, 6.45) is 0. The number of hydrogen-bond donors (Lipinski definition) is 1. The first-order valence-corrected chi connectivity index (χ1v) is 8.94. The first-order chi connectivity index (χ1) is 12.4. The van der Waals surface area contributed by atoms with Crippen LogP contribution in [0.2, 0.25) is 0 Å². The highest BCUT2D eigenvalue weighted by atomic mass is 32.1. The molecule has 134 valence electrons. The van der Waals surface area contributed by atoms with Gasteiger partial charge in [-0.15, -0.1) is 11.3 Å². The number of methoxy groups -OCH3 is 1. The van der Waals surface area contributed by atoms with E-state index >= 15 is 0 Å². The Morgan fingerprint density at radius 1 is 1.19 bits per heavy atom. The monoisotopic (exact) mass is 368 g/mol. The lowest BCUT2D eigenvalue weighted by Gasteiger charge is -2.21. The van der Waals surface area contributed by atoms with Crippen molar-refractivity contribution in [3.8, 4) is 27.4 Å². The van der Waals surface area contributed by atoms with Crippen molar-refractivity contribution in [2.75, 3.05) is 26.1 Å². The van der Waals surface area contributed by atoms with E-state index in [-0.39, 0.29) is 5.69 Å². The van der Waals surface area contributed by atoms with Crippen LogP contribution in [0.1, 0.15) is 16.1 Å². The van der Waals surface area contributed by atoms with Gasteiger partial charge in [0.15, 0.2) is 5.69 Å². The molecule has 0 fully saturated rings. The molecule has 0 unspecified atom stereocenters. The molecule has 2 aromatic carbocycles. The molecule has 6 heteroatoms. The summed E-state index contributed by atoms with van der Waals surface area (Å²) in [6.45, 7) is 2.05. The van der Waals surface area contributed by atoms with Crippen LogP contribution in [0.5, 0.6) is 5.75 Å². The molecule has 3 aromatic rings. The van der Waals surface area contributed by atoms with Crippen molar-refractivity contribution >= 4 is 23.0 Å². The fraction of sp³-hybridized carbons (Fsp3) is 0.200. The van der Waals surface area contributed by atoms with E-state index in [9.17, 15) is 9.90 Å². The number of nitrogens with zero attached hydrogens (tertiary/aromatic N) is 2. The zero-order valence-electron chi connectivity index (χ0n) is 15.1. The zero-order chi connectivity index (χ0) is 18.8. The molecule has 0 aliphatic heterocycles. The maximum absolute atomic E-state index is 11.2. The van der Waals surface area contributed by atoms with Crippen molar-refractivity contribution < 1.29 is 14.6 Å². The van der Waals surface area contributed by atoms with E-state index in [1.807, 2.05) is 50.2 Å². The minimum absolute atomic E-state index is 0.0687. The van der Waals surface area contributed by atoms with Gasteiger partial charge >= 0.3 is 5.97 Å². The molecular weight excluding hydrogens is 348 g/mol. The molecule has 3 rings (SSSR count). The molecule has 0 radical (unpaired) electrons. The Hall–Kier alpha value is -2.86. The van der Waals surface area contributed by atoms with E-state index in [1.54, 1.807) is 12.5 Å². The molecule has 0 spiro atoms. The van der Waals surface area contributed by atoms with Gasteiger partial charge in [-0.1, -0.05) is 12.1 Å². The molecular formula is C20H20N2O3S. The highest BCUT2D eigenvalue weighted by Crippen LogP contribution is 2.39. The number of aromatic carboxylic acids is 1. The number of carboxylic acid groups (broad SMARTS) is 1. The van der Waals surface area contributed by atoms with E-state index in [0.29, 0.717) is 5.01 Å². The summed E-state index contributed by atoms with van der Waals surface area (Å²) < 4.78 is 5.33. The Bertz CT molecular complexity index is 963. The van der Waals surface area contributed by atoms with Crippen molar-refractivity contribution in [3.05, 3.63) is 53.0 Å². The molecule has 0 amide bonds. The molecule has 1 heterocycles. The van der Waals surface area contributed by atoms with Gasteiger partial charge in [0.2, 0.25) is 0 Å². The molecule has 1 aromatic heterocycles. The second-order valence-corrected chi connectivity index (χ2v) is 7.02. The van der Waals surface area contributed by atoms with Gasteiger partial charge in [0, 0.05) is 30.7 Å².